The van der Waals surface area contributed by atoms with E-state index in [9.17, 15) is 14.7 Å². The van der Waals surface area contributed by atoms with E-state index in [0.717, 1.165) is 23.3 Å². The average molecular weight is 420 g/mol. The Balaban J connectivity index is 1.75. The molecule has 7 heteroatoms. The summed E-state index contributed by atoms with van der Waals surface area (Å²) >= 11 is 7.69. The summed E-state index contributed by atoms with van der Waals surface area (Å²) in [5.74, 6) is -1.32. The molecule has 0 saturated heterocycles. The van der Waals surface area contributed by atoms with E-state index in [-0.39, 0.29) is 5.97 Å². The van der Waals surface area contributed by atoms with E-state index >= 15 is 0 Å². The predicted molar refractivity (Wildman–Crippen MR) is 110 cm³/mol. The second-order valence-electron chi connectivity index (χ2n) is 6.61. The fourth-order valence-electron chi connectivity index (χ4n) is 3.26. The number of unbranched alkanes of at least 4 members (excludes halogenated alkanes) is 1. The van der Waals surface area contributed by atoms with Gasteiger partial charge >= 0.3 is 11.9 Å². The number of halogens is 1. The first kappa shape index (κ1) is 20.6. The number of carbonyl (C=O) groups is 2. The molecule has 1 aromatic heterocycles. The first-order chi connectivity index (χ1) is 13.5. The number of rotatable bonds is 7. The lowest BCUT2D eigenvalue weighted by molar-refractivity contribution is -0.144. The molecule has 0 amide bonds. The number of carbonyl (C=O) groups excluding carboxylic acids is 1. The highest BCUT2D eigenvalue weighted by Gasteiger charge is 2.32. The van der Waals surface area contributed by atoms with Crippen LogP contribution in [0.3, 0.4) is 0 Å². The second-order valence-corrected chi connectivity index (χ2v) is 8.12. The maximum absolute atomic E-state index is 12.0. The summed E-state index contributed by atoms with van der Waals surface area (Å²) in [6.45, 7) is 3.11. The molecule has 148 valence electrons. The first-order valence-corrected chi connectivity index (χ1v) is 10.4. The molecule has 2 heterocycles. The van der Waals surface area contributed by atoms with Gasteiger partial charge in [0.25, 0.3) is 0 Å². The monoisotopic (exact) mass is 419 g/mol. The highest BCUT2D eigenvalue weighted by molar-refractivity contribution is 7.14. The molecule has 0 aliphatic carbocycles. The van der Waals surface area contributed by atoms with Crippen LogP contribution in [-0.2, 0) is 22.6 Å². The molecule has 1 aliphatic heterocycles. The molecule has 0 bridgehead atoms. The first-order valence-electron chi connectivity index (χ1n) is 9.20. The van der Waals surface area contributed by atoms with Crippen LogP contribution in [-0.4, -0.2) is 28.5 Å². The van der Waals surface area contributed by atoms with E-state index in [0.29, 0.717) is 35.2 Å². The van der Waals surface area contributed by atoms with Gasteiger partial charge < -0.3 is 9.84 Å². The second kappa shape index (κ2) is 9.37. The Labute approximate surface area is 173 Å². The van der Waals surface area contributed by atoms with Gasteiger partial charge in [-0.1, -0.05) is 49.2 Å². The predicted octanol–water partition coefficient (Wildman–Crippen LogP) is 4.85. The van der Waals surface area contributed by atoms with Gasteiger partial charge in [0.2, 0.25) is 0 Å². The van der Waals surface area contributed by atoms with Crippen molar-refractivity contribution in [3.05, 3.63) is 63.5 Å². The third-order valence-electron chi connectivity index (χ3n) is 4.58. The van der Waals surface area contributed by atoms with Crippen molar-refractivity contribution in [2.75, 3.05) is 6.54 Å². The van der Waals surface area contributed by atoms with E-state index in [4.69, 9.17) is 16.3 Å². The van der Waals surface area contributed by atoms with Gasteiger partial charge in [0.15, 0.2) is 5.06 Å². The number of hydrogen-bond donors (Lipinski definition) is 1. The number of esters is 1. The smallest absolute Gasteiger partial charge is 0.336 e. The number of carboxylic acids is 1. The van der Waals surface area contributed by atoms with Gasteiger partial charge in [0.1, 0.15) is 6.04 Å². The third-order valence-corrected chi connectivity index (χ3v) is 6.04. The Bertz CT molecular complexity index is 892. The highest BCUT2D eigenvalue weighted by Crippen LogP contribution is 2.37. The summed E-state index contributed by atoms with van der Waals surface area (Å²) in [5, 5.41) is 10.8. The van der Waals surface area contributed by atoms with Crippen LogP contribution in [0.25, 0.3) is 0 Å². The number of thiophene rings is 1. The van der Waals surface area contributed by atoms with Gasteiger partial charge in [-0.15, -0.1) is 11.3 Å². The molecule has 1 atom stereocenters. The molecular formula is C21H22ClNO4S. The number of carboxylic acid groups (broad SMARTS) is 1. The maximum Gasteiger partial charge on any atom is 0.336 e. The van der Waals surface area contributed by atoms with Crippen LogP contribution < -0.4 is 4.74 Å². The van der Waals surface area contributed by atoms with Gasteiger partial charge in [0.05, 0.1) is 0 Å². The summed E-state index contributed by atoms with van der Waals surface area (Å²) in [6.07, 6.45) is 5.77. The summed E-state index contributed by atoms with van der Waals surface area (Å²) < 4.78 is 5.40. The summed E-state index contributed by atoms with van der Waals surface area (Å²) in [5.41, 5.74) is 1.58. The fraction of sp³-hybridized carbons (Fsp3) is 0.333. The Morgan fingerprint density at radius 1 is 1.39 bits per heavy atom. The number of fused-ring (bicyclic) bond motifs is 1. The SMILES string of the molecule is CCC/C=C/C(=O)Oc1cc2c(s1)CCN(C(C(=O)O)c1ccccc1Cl)C2. The van der Waals surface area contributed by atoms with Crippen LogP contribution in [0.15, 0.2) is 42.5 Å². The highest BCUT2D eigenvalue weighted by atomic mass is 35.5. The van der Waals surface area contributed by atoms with Crippen molar-refractivity contribution in [3.63, 3.8) is 0 Å². The molecule has 1 unspecified atom stereocenters. The largest absolute Gasteiger partial charge is 0.480 e. The van der Waals surface area contributed by atoms with Crippen molar-refractivity contribution in [1.29, 1.82) is 0 Å². The van der Waals surface area contributed by atoms with E-state index in [1.165, 1.54) is 17.4 Å². The third kappa shape index (κ3) is 4.82. The van der Waals surface area contributed by atoms with Gasteiger partial charge in [-0.25, -0.2) is 4.79 Å². The van der Waals surface area contributed by atoms with Gasteiger partial charge in [0, 0.05) is 29.1 Å². The van der Waals surface area contributed by atoms with Crippen molar-refractivity contribution < 1.29 is 19.4 Å². The molecule has 1 aromatic carbocycles. The van der Waals surface area contributed by atoms with Gasteiger partial charge in [-0.2, -0.15) is 0 Å². The van der Waals surface area contributed by atoms with Crippen LogP contribution in [0.1, 0.15) is 41.8 Å². The molecule has 0 fully saturated rings. The Kier molecular flexibility index (Phi) is 6.88. The summed E-state index contributed by atoms with van der Waals surface area (Å²) in [4.78, 5) is 26.9. The fourth-order valence-corrected chi connectivity index (χ4v) is 4.52. The van der Waals surface area contributed by atoms with Crippen molar-refractivity contribution >= 4 is 34.9 Å². The van der Waals surface area contributed by atoms with Gasteiger partial charge in [-0.05, 0) is 36.1 Å². The topological polar surface area (TPSA) is 66.8 Å². The Morgan fingerprint density at radius 2 is 2.18 bits per heavy atom. The average Bonchev–Trinajstić information content (AvgIpc) is 3.05. The van der Waals surface area contributed by atoms with Crippen LogP contribution in [0.4, 0.5) is 0 Å². The lowest BCUT2D eigenvalue weighted by Crippen LogP contribution is -2.37. The van der Waals surface area contributed by atoms with Crippen LogP contribution in [0.2, 0.25) is 5.02 Å². The quantitative estimate of drug-likeness (QED) is 0.513. The molecule has 5 nitrogen and oxygen atoms in total. The van der Waals surface area contributed by atoms with E-state index in [1.807, 2.05) is 17.9 Å². The minimum Gasteiger partial charge on any atom is -0.480 e. The summed E-state index contributed by atoms with van der Waals surface area (Å²) in [6, 6.07) is 8.05. The zero-order valence-corrected chi connectivity index (χ0v) is 17.1. The number of hydrogen-bond acceptors (Lipinski definition) is 5. The van der Waals surface area contributed by atoms with E-state index in [1.54, 1.807) is 30.3 Å². The molecule has 0 radical (unpaired) electrons. The molecule has 28 heavy (non-hydrogen) atoms. The zero-order chi connectivity index (χ0) is 20.1. The molecule has 0 spiro atoms. The lowest BCUT2D eigenvalue weighted by Gasteiger charge is -2.32. The van der Waals surface area contributed by atoms with Crippen molar-refractivity contribution in [1.82, 2.24) is 4.90 Å². The molecule has 1 aliphatic rings. The molecule has 0 saturated carbocycles. The molecular weight excluding hydrogens is 398 g/mol. The van der Waals surface area contributed by atoms with E-state index in [2.05, 4.69) is 0 Å². The maximum atomic E-state index is 12.0. The summed E-state index contributed by atoms with van der Waals surface area (Å²) in [7, 11) is 0. The zero-order valence-electron chi connectivity index (χ0n) is 15.6. The number of aliphatic carboxylic acids is 1. The van der Waals surface area contributed by atoms with E-state index < -0.39 is 12.0 Å². The number of allylic oxidation sites excluding steroid dienone is 1. The van der Waals surface area contributed by atoms with Crippen LogP contribution in [0.5, 0.6) is 5.06 Å². The van der Waals surface area contributed by atoms with Gasteiger partial charge in [-0.3, -0.25) is 9.69 Å². The minimum atomic E-state index is -0.931. The Morgan fingerprint density at radius 3 is 2.89 bits per heavy atom. The normalized spacial score (nSPS) is 15.4. The molecule has 3 rings (SSSR count). The molecule has 1 N–H and O–H groups in total. The minimum absolute atomic E-state index is 0.386. The number of nitrogens with zero attached hydrogens (tertiary/aromatic N) is 1. The van der Waals surface area contributed by atoms with Crippen molar-refractivity contribution in [2.45, 2.75) is 38.8 Å². The Hall–Kier alpha value is -2.15. The van der Waals surface area contributed by atoms with Crippen molar-refractivity contribution in [2.24, 2.45) is 0 Å². The standard InChI is InChI=1S/C21H22ClNO4S/c1-2-3-4-9-18(24)27-19-12-14-13-23(11-10-17(14)28-19)20(21(25)26)15-7-5-6-8-16(15)22/h4-9,12,20H,2-3,10-11,13H2,1H3,(H,25,26)/b9-4+. The van der Waals surface area contributed by atoms with Crippen LogP contribution in [0, 0.1) is 0 Å². The van der Waals surface area contributed by atoms with Crippen LogP contribution >= 0.6 is 22.9 Å². The number of ether oxygens (including phenoxy) is 1. The number of benzene rings is 1. The molecule has 2 aromatic rings. The van der Waals surface area contributed by atoms with Crippen molar-refractivity contribution in [3.8, 4) is 5.06 Å². The lowest BCUT2D eigenvalue weighted by atomic mass is 10.0.